The molecule has 7 heteroatoms. The van der Waals surface area contributed by atoms with Gasteiger partial charge in [-0.3, -0.25) is 0 Å². The fourth-order valence-corrected chi connectivity index (χ4v) is 9.26. The van der Waals surface area contributed by atoms with E-state index in [1.807, 2.05) is 24.3 Å². The molecule has 0 saturated carbocycles. The molecule has 0 radical (unpaired) electrons. The number of fused-ring (bicyclic) bond motifs is 10. The molecule has 4 heterocycles. The van der Waals surface area contributed by atoms with Crippen molar-refractivity contribution >= 4 is 75.2 Å². The second kappa shape index (κ2) is 9.99. The Balaban J connectivity index is 1.09. The minimum Gasteiger partial charge on any atom is -0.478 e. The minimum atomic E-state index is -0.924. The molecule has 0 atom stereocenters. The molecule has 4 aliphatic heterocycles. The zero-order valence-electron chi connectivity index (χ0n) is 27.1. The molecule has 236 valence electrons. The number of para-hydroxylation sites is 1. The van der Waals surface area contributed by atoms with Crippen molar-refractivity contribution in [3.8, 4) is 44.5 Å². The quantitative estimate of drug-likeness (QED) is 0.245. The average molecular weight is 653 g/mol. The Hall–Kier alpha value is -6.59. The van der Waals surface area contributed by atoms with E-state index < -0.39 is 11.9 Å². The first-order valence-corrected chi connectivity index (χ1v) is 17.1. The fourth-order valence-electron chi connectivity index (χ4n) is 9.26. The molecule has 5 nitrogen and oxygen atoms in total. The van der Waals surface area contributed by atoms with Crippen LogP contribution in [0.25, 0.3) is 44.5 Å². The van der Waals surface area contributed by atoms with Crippen molar-refractivity contribution < 1.29 is 19.8 Å². The lowest BCUT2D eigenvalue weighted by atomic mass is 9.32. The lowest BCUT2D eigenvalue weighted by Crippen LogP contribution is -2.62. The Bertz CT molecular complexity index is 2540. The highest BCUT2D eigenvalue weighted by Gasteiger charge is 2.49. The summed E-state index contributed by atoms with van der Waals surface area (Å²) in [6.45, 7) is 0.199. The molecule has 0 fully saturated rings. The van der Waals surface area contributed by atoms with Crippen LogP contribution in [-0.2, 0) is 0 Å². The van der Waals surface area contributed by atoms with Crippen molar-refractivity contribution in [3.05, 3.63) is 151 Å². The van der Waals surface area contributed by atoms with Crippen LogP contribution in [0, 0.1) is 0 Å². The number of rotatable bonds is 4. The summed E-state index contributed by atoms with van der Waals surface area (Å²) in [5.74, 6) is -1.85. The first-order chi connectivity index (χ1) is 25.0. The van der Waals surface area contributed by atoms with E-state index in [1.54, 1.807) is 24.3 Å². The van der Waals surface area contributed by atoms with Gasteiger partial charge >= 0.3 is 11.9 Å². The maximum absolute atomic E-state index is 11.5. The van der Waals surface area contributed by atoms with Gasteiger partial charge in [0, 0.05) is 17.1 Å². The van der Waals surface area contributed by atoms with E-state index in [9.17, 15) is 19.8 Å². The van der Waals surface area contributed by atoms with Crippen LogP contribution in [0.3, 0.4) is 0 Å². The van der Waals surface area contributed by atoms with Crippen LogP contribution in [-0.4, -0.2) is 35.6 Å². The average Bonchev–Trinajstić information content (AvgIpc) is 3.68. The number of hydrogen-bond acceptors (Lipinski definition) is 3. The molecule has 0 spiro atoms. The van der Waals surface area contributed by atoms with E-state index in [4.69, 9.17) is 0 Å². The highest BCUT2D eigenvalue weighted by molar-refractivity contribution is 7.05. The highest BCUT2D eigenvalue weighted by Crippen LogP contribution is 2.44. The number of carboxylic acid groups (broad SMARTS) is 2. The number of aromatic carboxylic acids is 2. The molecule has 7 aromatic carbocycles. The molecule has 0 aromatic heterocycles. The van der Waals surface area contributed by atoms with Gasteiger partial charge in [-0.2, -0.15) is 0 Å². The summed E-state index contributed by atoms with van der Waals surface area (Å²) < 4.78 is 0. The van der Waals surface area contributed by atoms with Crippen LogP contribution in [0.5, 0.6) is 0 Å². The van der Waals surface area contributed by atoms with E-state index >= 15 is 0 Å². The van der Waals surface area contributed by atoms with Crippen LogP contribution < -0.4 is 37.7 Å². The van der Waals surface area contributed by atoms with Crippen molar-refractivity contribution in [2.45, 2.75) is 0 Å². The Morgan fingerprint density at radius 2 is 0.843 bits per heavy atom. The molecular weight excluding hydrogens is 628 g/mol. The van der Waals surface area contributed by atoms with Crippen LogP contribution in [0.15, 0.2) is 140 Å². The predicted octanol–water partition coefficient (Wildman–Crippen LogP) is 5.51. The first-order valence-electron chi connectivity index (χ1n) is 17.1. The molecule has 0 unspecified atom stereocenters. The Morgan fingerprint density at radius 1 is 0.431 bits per heavy atom. The van der Waals surface area contributed by atoms with Gasteiger partial charge in [0.25, 0.3) is 0 Å². The molecule has 7 aromatic rings. The molecule has 0 amide bonds. The van der Waals surface area contributed by atoms with Crippen molar-refractivity contribution in [3.63, 3.8) is 0 Å². The molecular formula is C44H25B2NO4. The van der Waals surface area contributed by atoms with Gasteiger partial charge in [0.2, 0.25) is 13.4 Å². The fraction of sp³-hybridized carbons (Fsp3) is 0. The number of nitrogens with zero attached hydrogens (tertiary/aromatic N) is 1. The maximum atomic E-state index is 11.5. The normalized spacial score (nSPS) is 13.3. The number of hydrogen-bond donors (Lipinski definition) is 2. The number of anilines is 3. The van der Waals surface area contributed by atoms with Gasteiger partial charge in [0.05, 0.1) is 11.1 Å². The molecule has 0 bridgehead atoms. The topological polar surface area (TPSA) is 77.8 Å². The largest absolute Gasteiger partial charge is 0.478 e. The summed E-state index contributed by atoms with van der Waals surface area (Å²) >= 11 is 0. The summed E-state index contributed by atoms with van der Waals surface area (Å²) in [7, 11) is 0. The van der Waals surface area contributed by atoms with Crippen molar-refractivity contribution in [2.75, 3.05) is 4.90 Å². The third-order valence-corrected chi connectivity index (χ3v) is 11.4. The smallest absolute Gasteiger partial charge is 0.335 e. The third kappa shape index (κ3) is 3.72. The second-order valence-corrected chi connectivity index (χ2v) is 13.8. The van der Waals surface area contributed by atoms with Gasteiger partial charge in [0.1, 0.15) is 0 Å². The van der Waals surface area contributed by atoms with Crippen molar-refractivity contribution in [2.24, 2.45) is 0 Å². The molecule has 51 heavy (non-hydrogen) atoms. The molecule has 2 N–H and O–H groups in total. The third-order valence-electron chi connectivity index (χ3n) is 11.4. The first kappa shape index (κ1) is 28.3. The molecule has 0 aliphatic carbocycles. The zero-order valence-corrected chi connectivity index (χ0v) is 27.1. The van der Waals surface area contributed by atoms with Crippen LogP contribution >= 0.6 is 0 Å². The van der Waals surface area contributed by atoms with E-state index in [0.29, 0.717) is 0 Å². The standard InChI is InChI=1S/C44H25B2NO4/c48-43(49)26-14-10-24(11-15-26)28-18-20-34-32(22-28)30-4-1-8-38-40(30)45(34)36-6-3-7-37-42(36)47(38)39-9-2-5-31-33-23-29(19-21-35(33)46(37)41(31)39)25-12-16-27(17-13-25)44(50)51/h1-23H,(H,48,49)(H,50,51). The molecule has 4 aliphatic rings. The van der Waals surface area contributed by atoms with Gasteiger partial charge in [-0.05, 0) is 115 Å². The van der Waals surface area contributed by atoms with Crippen molar-refractivity contribution in [1.29, 1.82) is 0 Å². The van der Waals surface area contributed by atoms with Crippen molar-refractivity contribution in [1.82, 2.24) is 0 Å². The second-order valence-electron chi connectivity index (χ2n) is 13.8. The predicted molar refractivity (Wildman–Crippen MR) is 206 cm³/mol. The van der Waals surface area contributed by atoms with Crippen LogP contribution in [0.4, 0.5) is 17.1 Å². The molecule has 11 rings (SSSR count). The monoisotopic (exact) mass is 653 g/mol. The maximum Gasteiger partial charge on any atom is 0.335 e. The number of benzene rings is 7. The summed E-state index contributed by atoms with van der Waals surface area (Å²) in [4.78, 5) is 25.5. The Kier molecular flexibility index (Phi) is 5.54. The zero-order chi connectivity index (χ0) is 34.1. The van der Waals surface area contributed by atoms with Gasteiger partial charge in [-0.25, -0.2) is 9.59 Å². The van der Waals surface area contributed by atoms with E-state index in [-0.39, 0.29) is 24.6 Å². The van der Waals surface area contributed by atoms with E-state index in [1.165, 1.54) is 72.1 Å². The summed E-state index contributed by atoms with van der Waals surface area (Å²) in [5.41, 5.74) is 21.2. The van der Waals surface area contributed by atoms with Gasteiger partial charge in [-0.1, -0.05) is 102 Å². The van der Waals surface area contributed by atoms with Gasteiger partial charge in [-0.15, -0.1) is 0 Å². The SMILES string of the molecule is O=C(O)c1ccc(-c2ccc3c(c2)-c2cccc4c2B3c2cccc3c2N4c2cccc4c2B3c2ccc(-c3ccc(C(=O)O)cc3)cc2-4)cc1. The van der Waals surface area contributed by atoms with Crippen LogP contribution in [0.1, 0.15) is 20.7 Å². The highest BCUT2D eigenvalue weighted by atomic mass is 16.4. The van der Waals surface area contributed by atoms with Crippen LogP contribution in [0.2, 0.25) is 0 Å². The lowest BCUT2D eigenvalue weighted by molar-refractivity contribution is 0.0686. The number of carbonyl (C=O) groups is 2. The summed E-state index contributed by atoms with van der Waals surface area (Å²) in [6, 6.07) is 47.9. The minimum absolute atomic E-state index is 0.0996. The van der Waals surface area contributed by atoms with E-state index in [2.05, 4.69) is 95.9 Å². The number of carboxylic acids is 2. The van der Waals surface area contributed by atoms with Gasteiger partial charge in [0.15, 0.2) is 0 Å². The Morgan fingerprint density at radius 3 is 1.27 bits per heavy atom. The molecule has 0 saturated heterocycles. The Labute approximate surface area is 294 Å². The van der Waals surface area contributed by atoms with Gasteiger partial charge < -0.3 is 15.1 Å². The summed E-state index contributed by atoms with van der Waals surface area (Å²) in [6.07, 6.45) is 0. The summed E-state index contributed by atoms with van der Waals surface area (Å²) in [5, 5.41) is 18.8. The van der Waals surface area contributed by atoms with E-state index in [0.717, 1.165) is 22.3 Å². The lowest BCUT2D eigenvalue weighted by Gasteiger charge is -2.42.